The van der Waals surface area contributed by atoms with E-state index in [1.54, 1.807) is 19.2 Å². The van der Waals surface area contributed by atoms with Gasteiger partial charge in [0, 0.05) is 43.7 Å². The molecular weight excluding hydrogens is 498 g/mol. The van der Waals surface area contributed by atoms with Crippen LogP contribution in [0, 0.1) is 5.92 Å². The molecule has 0 radical (unpaired) electrons. The van der Waals surface area contributed by atoms with Crippen molar-refractivity contribution >= 4 is 39.9 Å². The fourth-order valence-corrected chi connectivity index (χ4v) is 5.48. The predicted molar refractivity (Wildman–Crippen MR) is 148 cm³/mol. The first kappa shape index (κ1) is 25.2. The molecule has 4 aromatic rings. The van der Waals surface area contributed by atoms with Gasteiger partial charge >= 0.3 is 6.09 Å². The molecule has 3 aromatic heterocycles. The average molecular weight is 532 g/mol. The van der Waals surface area contributed by atoms with Gasteiger partial charge in [-0.3, -0.25) is 10.1 Å². The number of rotatable bonds is 6. The molecule has 1 atom stereocenters. The summed E-state index contributed by atoms with van der Waals surface area (Å²) in [6.45, 7) is 2.04. The van der Waals surface area contributed by atoms with E-state index in [1.165, 1.54) is 20.0 Å². The zero-order valence-electron chi connectivity index (χ0n) is 22.4. The van der Waals surface area contributed by atoms with E-state index in [2.05, 4.69) is 16.0 Å². The maximum atomic E-state index is 13.4. The second-order valence-corrected chi connectivity index (χ2v) is 10.5. The topological polar surface area (TPSA) is 130 Å². The number of aromatic nitrogens is 4. The molecule has 1 aliphatic carbocycles. The van der Waals surface area contributed by atoms with Gasteiger partial charge in [-0.05, 0) is 61.9 Å². The van der Waals surface area contributed by atoms with Gasteiger partial charge in [0.1, 0.15) is 22.7 Å². The van der Waals surface area contributed by atoms with Crippen molar-refractivity contribution in [1.29, 1.82) is 0 Å². The summed E-state index contributed by atoms with van der Waals surface area (Å²) in [5, 5.41) is 3.60. The number of hydrogen-bond donors (Lipinski definition) is 2. The highest BCUT2D eigenvalue weighted by Gasteiger charge is 2.28. The van der Waals surface area contributed by atoms with Crippen molar-refractivity contribution in [3.63, 3.8) is 0 Å². The van der Waals surface area contributed by atoms with Crippen LogP contribution in [0.2, 0.25) is 0 Å². The molecule has 0 spiro atoms. The molecule has 1 saturated heterocycles. The second-order valence-electron chi connectivity index (χ2n) is 10.5. The Morgan fingerprint density at radius 2 is 1.95 bits per heavy atom. The number of piperidine rings is 1. The Hall–Kier alpha value is -4.12. The molecule has 1 aromatic carbocycles. The van der Waals surface area contributed by atoms with Crippen LogP contribution < -0.4 is 15.8 Å². The van der Waals surface area contributed by atoms with E-state index in [1.807, 2.05) is 28.6 Å². The van der Waals surface area contributed by atoms with Gasteiger partial charge in [0.25, 0.3) is 5.91 Å². The summed E-state index contributed by atoms with van der Waals surface area (Å²) in [4.78, 5) is 36.7. The molecule has 11 heteroatoms. The smallest absolute Gasteiger partial charge is 0.412 e. The molecule has 2 amide bonds. The van der Waals surface area contributed by atoms with Crippen LogP contribution in [0.4, 0.5) is 10.6 Å². The van der Waals surface area contributed by atoms with Crippen LogP contribution >= 0.6 is 0 Å². The third-order valence-electron chi connectivity index (χ3n) is 7.67. The molecule has 1 aliphatic heterocycles. The lowest BCUT2D eigenvalue weighted by molar-refractivity contribution is 0.0708. The highest BCUT2D eigenvalue weighted by Crippen LogP contribution is 2.38. The highest BCUT2D eigenvalue weighted by molar-refractivity contribution is 6.00. The molecule has 11 nitrogen and oxygen atoms in total. The number of nitrogens with two attached hydrogens (primary N) is 1. The van der Waals surface area contributed by atoms with E-state index in [-0.39, 0.29) is 11.9 Å². The number of carbonyl (C=O) groups is 2. The van der Waals surface area contributed by atoms with Crippen LogP contribution in [0.3, 0.4) is 0 Å². The first-order valence-electron chi connectivity index (χ1n) is 13.3. The Morgan fingerprint density at radius 1 is 1.13 bits per heavy atom. The predicted octanol–water partition coefficient (Wildman–Crippen LogP) is 3.75. The number of ether oxygens (including phenoxy) is 2. The summed E-state index contributed by atoms with van der Waals surface area (Å²) in [7, 11) is 4.88. The lowest BCUT2D eigenvalue weighted by Crippen LogP contribution is -2.45. The molecule has 0 bridgehead atoms. The van der Waals surface area contributed by atoms with E-state index in [0.29, 0.717) is 41.7 Å². The lowest BCUT2D eigenvalue weighted by atomic mass is 10.0. The number of likely N-dealkylation sites (tertiary alicyclic amines) is 1. The summed E-state index contributed by atoms with van der Waals surface area (Å²) in [5.74, 6) is 2.27. The van der Waals surface area contributed by atoms with Crippen LogP contribution in [-0.2, 0) is 18.3 Å². The molecule has 0 unspecified atom stereocenters. The van der Waals surface area contributed by atoms with Crippen LogP contribution in [-0.4, -0.2) is 69.4 Å². The number of hydrogen-bond acceptors (Lipinski definition) is 7. The maximum absolute atomic E-state index is 13.4. The van der Waals surface area contributed by atoms with Crippen LogP contribution in [0.25, 0.3) is 33.6 Å². The summed E-state index contributed by atoms with van der Waals surface area (Å²) in [6.07, 6.45) is 3.60. The number of methoxy groups -OCH3 is 2. The van der Waals surface area contributed by atoms with Gasteiger partial charge in [0.05, 0.1) is 25.4 Å². The van der Waals surface area contributed by atoms with E-state index in [0.717, 1.165) is 47.5 Å². The van der Waals surface area contributed by atoms with E-state index >= 15 is 0 Å². The maximum Gasteiger partial charge on any atom is 0.412 e. The number of amides is 2. The van der Waals surface area contributed by atoms with Crippen molar-refractivity contribution in [3.8, 4) is 17.3 Å². The number of fused-ring (bicyclic) bond motifs is 2. The molecule has 6 rings (SSSR count). The molecule has 39 heavy (non-hydrogen) atoms. The van der Waals surface area contributed by atoms with Gasteiger partial charge in [-0.15, -0.1) is 0 Å². The zero-order valence-corrected chi connectivity index (χ0v) is 22.4. The fraction of sp³-hybridized carbons (Fsp3) is 0.429. The van der Waals surface area contributed by atoms with Crippen molar-refractivity contribution < 1.29 is 19.1 Å². The van der Waals surface area contributed by atoms with Crippen molar-refractivity contribution in [2.45, 2.75) is 38.3 Å². The second kappa shape index (κ2) is 9.88. The van der Waals surface area contributed by atoms with Gasteiger partial charge in [0.2, 0.25) is 0 Å². The summed E-state index contributed by atoms with van der Waals surface area (Å²) in [5.41, 5.74) is 9.84. The van der Waals surface area contributed by atoms with Crippen LogP contribution in [0.5, 0.6) is 5.75 Å². The number of anilines is 1. The SMILES string of the molecule is COC(=O)Nc1ccc2cc(-c3nc4cc(C(=O)N5CCC[C@@H](N)C5)cc(OC)c4n3C)n(CC3CC3)c2n1. The van der Waals surface area contributed by atoms with Gasteiger partial charge in [-0.2, -0.15) is 0 Å². The number of benzene rings is 1. The monoisotopic (exact) mass is 531 g/mol. The number of pyridine rings is 1. The van der Waals surface area contributed by atoms with E-state index in [9.17, 15) is 9.59 Å². The van der Waals surface area contributed by atoms with Crippen LogP contribution in [0.1, 0.15) is 36.0 Å². The highest BCUT2D eigenvalue weighted by atomic mass is 16.5. The third-order valence-corrected chi connectivity index (χ3v) is 7.67. The Balaban J connectivity index is 1.45. The Labute approximate surface area is 225 Å². The zero-order chi connectivity index (χ0) is 27.3. The molecular formula is C28H33N7O4. The number of nitrogens with zero attached hydrogens (tertiary/aromatic N) is 5. The van der Waals surface area contributed by atoms with Gasteiger partial charge in [-0.25, -0.2) is 14.8 Å². The largest absolute Gasteiger partial charge is 0.494 e. The average Bonchev–Trinajstić information content (AvgIpc) is 3.61. The standard InChI is InChI=1S/C28H33N7O4/c1-33-24-20(11-18(13-22(24)38-2)27(36)34-10-4-5-19(29)15-34)30-26(33)21-12-17-8-9-23(32-28(37)39-3)31-25(17)35(21)14-16-6-7-16/h8-9,11-13,16,19H,4-7,10,14-15,29H2,1-3H3,(H,31,32,37)/t19-/m1/s1. The first-order valence-corrected chi connectivity index (χ1v) is 13.3. The minimum absolute atomic E-state index is 0.000102. The molecule has 4 heterocycles. The number of aryl methyl sites for hydroxylation is 1. The van der Waals surface area contributed by atoms with Gasteiger partial charge < -0.3 is 29.2 Å². The first-order chi connectivity index (χ1) is 18.9. The van der Waals surface area contributed by atoms with Crippen molar-refractivity contribution in [1.82, 2.24) is 24.0 Å². The summed E-state index contributed by atoms with van der Waals surface area (Å²) in [6, 6.07) is 9.40. The number of carbonyl (C=O) groups excluding carboxylic acids is 2. The Morgan fingerprint density at radius 3 is 2.67 bits per heavy atom. The third kappa shape index (κ3) is 4.67. The summed E-state index contributed by atoms with van der Waals surface area (Å²) < 4.78 is 14.7. The van der Waals surface area contributed by atoms with Crippen LogP contribution in [0.15, 0.2) is 30.3 Å². The van der Waals surface area contributed by atoms with E-state index < -0.39 is 6.09 Å². The minimum atomic E-state index is -0.568. The lowest BCUT2D eigenvalue weighted by Gasteiger charge is -2.30. The van der Waals surface area contributed by atoms with Crippen molar-refractivity contribution in [3.05, 3.63) is 35.9 Å². The van der Waals surface area contributed by atoms with Crippen molar-refractivity contribution in [2.75, 3.05) is 32.6 Å². The normalized spacial score (nSPS) is 17.5. The Bertz CT molecular complexity index is 1590. The molecule has 1 saturated carbocycles. The Kier molecular flexibility index (Phi) is 6.38. The van der Waals surface area contributed by atoms with Crippen molar-refractivity contribution in [2.24, 2.45) is 18.7 Å². The van der Waals surface area contributed by atoms with E-state index in [4.69, 9.17) is 25.2 Å². The molecule has 2 aliphatic rings. The quantitative estimate of drug-likeness (QED) is 0.388. The van der Waals surface area contributed by atoms with Gasteiger partial charge in [-0.1, -0.05) is 0 Å². The summed E-state index contributed by atoms with van der Waals surface area (Å²) >= 11 is 0. The number of imidazole rings is 1. The van der Waals surface area contributed by atoms with Gasteiger partial charge in [0.15, 0.2) is 5.82 Å². The minimum Gasteiger partial charge on any atom is -0.494 e. The molecule has 3 N–H and O–H groups in total. The fourth-order valence-electron chi connectivity index (χ4n) is 5.48. The molecule has 2 fully saturated rings. The number of nitrogens with one attached hydrogen (secondary N) is 1. The molecule has 204 valence electrons.